The molecule has 0 aromatic carbocycles. The molecular weight excluding hydrogens is 212 g/mol. The molecule has 0 bridgehead atoms. The molecule has 2 aromatic rings. The Kier molecular flexibility index (Phi) is 2.38. The van der Waals surface area contributed by atoms with Crippen molar-refractivity contribution in [1.82, 2.24) is 15.0 Å². The first-order valence-corrected chi connectivity index (χ1v) is 5.10. The van der Waals surface area contributed by atoms with Crippen LogP contribution in [0.2, 0.25) is 0 Å². The van der Waals surface area contributed by atoms with Crippen LogP contribution in [0.5, 0.6) is 0 Å². The summed E-state index contributed by atoms with van der Waals surface area (Å²) in [4.78, 5) is 12.7. The predicted molar refractivity (Wildman–Crippen MR) is 61.0 cm³/mol. The number of aromatic nitrogens is 3. The molecule has 0 amide bonds. The monoisotopic (exact) mass is 222 g/mol. The van der Waals surface area contributed by atoms with Crippen LogP contribution >= 0.6 is 11.3 Å². The van der Waals surface area contributed by atoms with Gasteiger partial charge < -0.3 is 16.8 Å². The van der Waals surface area contributed by atoms with Crippen LogP contribution in [0.1, 0.15) is 4.88 Å². The molecule has 0 saturated heterocycles. The van der Waals surface area contributed by atoms with Crippen molar-refractivity contribution in [2.24, 2.45) is 0 Å². The molecule has 2 aromatic heterocycles. The van der Waals surface area contributed by atoms with Crippen LogP contribution in [0.4, 0.5) is 23.5 Å². The van der Waals surface area contributed by atoms with E-state index in [2.05, 4.69) is 20.3 Å². The van der Waals surface area contributed by atoms with Crippen LogP contribution < -0.4 is 16.8 Å². The molecule has 15 heavy (non-hydrogen) atoms. The number of nitrogens with two attached hydrogens (primary N) is 2. The van der Waals surface area contributed by atoms with Gasteiger partial charge in [0.25, 0.3) is 0 Å². The maximum absolute atomic E-state index is 5.44. The molecule has 6 nitrogen and oxygen atoms in total. The Bertz CT molecular complexity index is 459. The van der Waals surface area contributed by atoms with Gasteiger partial charge >= 0.3 is 0 Å². The lowest BCUT2D eigenvalue weighted by molar-refractivity contribution is 1.08. The Labute approximate surface area is 90.4 Å². The lowest BCUT2D eigenvalue weighted by Gasteiger charge is -2.02. The largest absolute Gasteiger partial charge is 0.368 e. The van der Waals surface area contributed by atoms with Crippen molar-refractivity contribution >= 4 is 34.9 Å². The minimum absolute atomic E-state index is 0.108. The second-order valence-electron chi connectivity index (χ2n) is 2.95. The number of rotatable bonds is 2. The maximum atomic E-state index is 5.44. The van der Waals surface area contributed by atoms with Crippen LogP contribution in [-0.2, 0) is 0 Å². The average molecular weight is 222 g/mol. The van der Waals surface area contributed by atoms with Crippen molar-refractivity contribution in [2.75, 3.05) is 16.8 Å². The van der Waals surface area contributed by atoms with Crippen LogP contribution in [-0.4, -0.2) is 15.0 Å². The first-order chi connectivity index (χ1) is 7.13. The summed E-state index contributed by atoms with van der Waals surface area (Å²) in [6.07, 6.45) is 0. The molecule has 0 fully saturated rings. The fourth-order valence-electron chi connectivity index (χ4n) is 1.10. The molecule has 0 spiro atoms. The number of anilines is 4. The molecule has 0 aliphatic heterocycles. The van der Waals surface area contributed by atoms with E-state index in [1.807, 2.05) is 18.4 Å². The Balaban J connectivity index is 2.24. The first-order valence-electron chi connectivity index (χ1n) is 4.22. The highest BCUT2D eigenvalue weighted by Gasteiger charge is 2.02. The van der Waals surface area contributed by atoms with E-state index in [1.54, 1.807) is 11.3 Å². The number of aryl methyl sites for hydroxylation is 1. The molecule has 7 heteroatoms. The Hall–Kier alpha value is -1.89. The molecule has 0 aliphatic rings. The quantitative estimate of drug-likeness (QED) is 0.704. The molecule has 5 N–H and O–H groups in total. The summed E-state index contributed by atoms with van der Waals surface area (Å²) in [5, 5.41) is 4.96. The van der Waals surface area contributed by atoms with Gasteiger partial charge in [0.1, 0.15) is 0 Å². The number of thiophene rings is 1. The predicted octanol–water partition coefficient (Wildman–Crippen LogP) is 1.15. The van der Waals surface area contributed by atoms with Crippen molar-refractivity contribution in [2.45, 2.75) is 6.92 Å². The Morgan fingerprint density at radius 3 is 2.40 bits per heavy atom. The van der Waals surface area contributed by atoms with Crippen molar-refractivity contribution in [3.8, 4) is 0 Å². The lowest BCUT2D eigenvalue weighted by Crippen LogP contribution is -2.06. The summed E-state index contributed by atoms with van der Waals surface area (Å²) < 4.78 is 0. The summed E-state index contributed by atoms with van der Waals surface area (Å²) in [5.74, 6) is 0.576. The van der Waals surface area contributed by atoms with E-state index < -0.39 is 0 Å². The molecule has 2 heterocycles. The second-order valence-corrected chi connectivity index (χ2v) is 4.06. The molecule has 2 rings (SSSR count). The summed E-state index contributed by atoms with van der Waals surface area (Å²) in [5.41, 5.74) is 11.8. The molecule has 0 unspecified atom stereocenters. The zero-order valence-electron chi connectivity index (χ0n) is 8.06. The van der Waals surface area contributed by atoms with Gasteiger partial charge in [0, 0.05) is 10.3 Å². The van der Waals surface area contributed by atoms with Crippen LogP contribution in [0.15, 0.2) is 11.4 Å². The van der Waals surface area contributed by atoms with Crippen molar-refractivity contribution in [3.05, 3.63) is 16.3 Å². The third-order valence-corrected chi connectivity index (χ3v) is 2.52. The fourth-order valence-corrected chi connectivity index (χ4v) is 1.74. The van der Waals surface area contributed by atoms with Gasteiger partial charge in [0.2, 0.25) is 17.8 Å². The highest BCUT2D eigenvalue weighted by atomic mass is 32.1. The third-order valence-electron chi connectivity index (χ3n) is 1.66. The van der Waals surface area contributed by atoms with Gasteiger partial charge in [-0.05, 0) is 13.0 Å². The first kappa shape index (κ1) is 9.66. The number of hydrogen-bond donors (Lipinski definition) is 3. The van der Waals surface area contributed by atoms with Gasteiger partial charge in [-0.15, -0.1) is 11.3 Å². The van der Waals surface area contributed by atoms with Crippen molar-refractivity contribution in [1.29, 1.82) is 0 Å². The molecule has 78 valence electrons. The van der Waals surface area contributed by atoms with E-state index in [4.69, 9.17) is 11.5 Å². The zero-order chi connectivity index (χ0) is 10.8. The van der Waals surface area contributed by atoms with Crippen LogP contribution in [0.25, 0.3) is 0 Å². The van der Waals surface area contributed by atoms with Gasteiger partial charge in [-0.3, -0.25) is 0 Å². The highest BCUT2D eigenvalue weighted by molar-refractivity contribution is 7.10. The van der Waals surface area contributed by atoms with E-state index in [0.29, 0.717) is 5.95 Å². The van der Waals surface area contributed by atoms with Crippen molar-refractivity contribution in [3.63, 3.8) is 0 Å². The van der Waals surface area contributed by atoms with Gasteiger partial charge in [-0.2, -0.15) is 15.0 Å². The second kappa shape index (κ2) is 3.70. The summed E-state index contributed by atoms with van der Waals surface area (Å²) >= 11 is 1.64. The molecule has 0 radical (unpaired) electrons. The SMILES string of the molecule is Cc1cc(Nc2nc(N)nc(N)n2)cs1. The van der Waals surface area contributed by atoms with Crippen LogP contribution in [0, 0.1) is 6.92 Å². The summed E-state index contributed by atoms with van der Waals surface area (Å²) in [6, 6.07) is 1.99. The van der Waals surface area contributed by atoms with E-state index >= 15 is 0 Å². The Morgan fingerprint density at radius 2 is 1.87 bits per heavy atom. The minimum atomic E-state index is 0.108. The van der Waals surface area contributed by atoms with E-state index in [-0.39, 0.29) is 11.9 Å². The van der Waals surface area contributed by atoms with E-state index in [0.717, 1.165) is 5.69 Å². The number of hydrogen-bond acceptors (Lipinski definition) is 7. The number of nitrogen functional groups attached to an aromatic ring is 2. The smallest absolute Gasteiger partial charge is 0.233 e. The Morgan fingerprint density at radius 1 is 1.20 bits per heavy atom. The zero-order valence-corrected chi connectivity index (χ0v) is 8.88. The van der Waals surface area contributed by atoms with Crippen molar-refractivity contribution < 1.29 is 0 Å². The fraction of sp³-hybridized carbons (Fsp3) is 0.125. The molecule has 0 atom stereocenters. The number of nitrogens with zero attached hydrogens (tertiary/aromatic N) is 3. The summed E-state index contributed by atoms with van der Waals surface area (Å²) in [6.45, 7) is 2.02. The summed E-state index contributed by atoms with van der Waals surface area (Å²) in [7, 11) is 0. The average Bonchev–Trinajstić information content (AvgIpc) is 2.49. The maximum Gasteiger partial charge on any atom is 0.233 e. The van der Waals surface area contributed by atoms with Gasteiger partial charge in [0.05, 0.1) is 5.69 Å². The van der Waals surface area contributed by atoms with Gasteiger partial charge in [0.15, 0.2) is 0 Å². The normalized spacial score (nSPS) is 10.2. The molecule has 0 saturated carbocycles. The third kappa shape index (κ3) is 2.32. The standard InChI is InChI=1S/C8H10N6S/c1-4-2-5(3-15-4)11-8-13-6(9)12-7(10)14-8/h2-3H,1H3,(H5,9,10,11,12,13,14). The van der Waals surface area contributed by atoms with E-state index in [1.165, 1.54) is 4.88 Å². The van der Waals surface area contributed by atoms with Gasteiger partial charge in [-0.1, -0.05) is 0 Å². The van der Waals surface area contributed by atoms with Gasteiger partial charge in [-0.25, -0.2) is 0 Å². The lowest BCUT2D eigenvalue weighted by atomic mass is 10.4. The number of nitrogens with one attached hydrogen (secondary N) is 1. The van der Waals surface area contributed by atoms with E-state index in [9.17, 15) is 0 Å². The molecule has 0 aliphatic carbocycles. The highest BCUT2D eigenvalue weighted by Crippen LogP contribution is 2.20. The molecular formula is C8H10N6S. The van der Waals surface area contributed by atoms with Crippen LogP contribution in [0.3, 0.4) is 0 Å². The topological polar surface area (TPSA) is 103 Å². The minimum Gasteiger partial charge on any atom is -0.368 e.